The fourth-order valence-electron chi connectivity index (χ4n) is 1.07. The summed E-state index contributed by atoms with van der Waals surface area (Å²) in [4.78, 5) is 28.4. The zero-order chi connectivity index (χ0) is 13.9. The number of aryl methyl sites for hydroxylation is 1. The van der Waals surface area contributed by atoms with Crippen molar-refractivity contribution in [3.8, 4) is 0 Å². The number of nitrogens with one attached hydrogen (secondary N) is 1. The van der Waals surface area contributed by atoms with E-state index in [1.165, 1.54) is 6.92 Å². The predicted octanol–water partition coefficient (Wildman–Crippen LogP) is 0.662. The quantitative estimate of drug-likeness (QED) is 0.835. The molecule has 98 valence electrons. The molecule has 6 nitrogen and oxygen atoms in total. The maximum absolute atomic E-state index is 11.9. The molecule has 0 spiro atoms. The maximum Gasteiger partial charge on any atom is 0.471 e. The summed E-state index contributed by atoms with van der Waals surface area (Å²) < 4.78 is 35.6. The van der Waals surface area contributed by atoms with Gasteiger partial charge in [0.05, 0.1) is 17.8 Å². The lowest BCUT2D eigenvalue weighted by Gasteiger charge is -2.07. The largest absolute Gasteiger partial charge is 0.478 e. The van der Waals surface area contributed by atoms with Crippen LogP contribution in [0.5, 0.6) is 0 Å². The van der Waals surface area contributed by atoms with Gasteiger partial charge in [0, 0.05) is 6.20 Å². The fourth-order valence-corrected chi connectivity index (χ4v) is 1.07. The molecule has 1 aromatic heterocycles. The standard InChI is InChI=1S/C9H8F3N3O3/c1-4-5(7(16)17)2-13-6(15-4)3-14-8(18)9(10,11)12/h2H,3H2,1H3,(H,14,18)(H,16,17). The Morgan fingerprint density at radius 1 is 1.44 bits per heavy atom. The summed E-state index contributed by atoms with van der Waals surface area (Å²) in [5.74, 6) is -3.44. The van der Waals surface area contributed by atoms with Gasteiger partial charge in [0.15, 0.2) is 0 Å². The molecule has 0 atom stereocenters. The first-order valence-corrected chi connectivity index (χ1v) is 4.62. The van der Waals surface area contributed by atoms with E-state index in [4.69, 9.17) is 5.11 Å². The van der Waals surface area contributed by atoms with E-state index in [1.807, 2.05) is 0 Å². The number of carboxylic acid groups (broad SMARTS) is 1. The smallest absolute Gasteiger partial charge is 0.471 e. The normalized spacial score (nSPS) is 11.1. The van der Waals surface area contributed by atoms with E-state index in [1.54, 1.807) is 5.32 Å². The van der Waals surface area contributed by atoms with Crippen LogP contribution in [0.4, 0.5) is 13.2 Å². The second-order valence-corrected chi connectivity index (χ2v) is 3.27. The predicted molar refractivity (Wildman–Crippen MR) is 51.6 cm³/mol. The average Bonchev–Trinajstić information content (AvgIpc) is 2.24. The van der Waals surface area contributed by atoms with E-state index in [0.29, 0.717) is 0 Å². The molecule has 1 rings (SSSR count). The lowest BCUT2D eigenvalue weighted by atomic mass is 10.2. The van der Waals surface area contributed by atoms with Crippen LogP contribution < -0.4 is 5.32 Å². The van der Waals surface area contributed by atoms with E-state index in [0.717, 1.165) is 6.20 Å². The van der Waals surface area contributed by atoms with E-state index >= 15 is 0 Å². The van der Waals surface area contributed by atoms with Crippen LogP contribution in [0.1, 0.15) is 21.9 Å². The highest BCUT2D eigenvalue weighted by molar-refractivity contribution is 5.88. The molecule has 1 heterocycles. The first-order valence-electron chi connectivity index (χ1n) is 4.62. The highest BCUT2D eigenvalue weighted by Crippen LogP contribution is 2.14. The molecule has 0 aliphatic carbocycles. The van der Waals surface area contributed by atoms with Crippen LogP contribution in [0.2, 0.25) is 0 Å². The summed E-state index contributed by atoms with van der Waals surface area (Å²) in [7, 11) is 0. The molecular weight excluding hydrogens is 255 g/mol. The first kappa shape index (κ1) is 13.9. The summed E-state index contributed by atoms with van der Waals surface area (Å²) in [5, 5.41) is 10.3. The van der Waals surface area contributed by atoms with Crippen LogP contribution in [0.3, 0.4) is 0 Å². The van der Waals surface area contributed by atoms with Crippen molar-refractivity contribution in [1.29, 1.82) is 0 Å². The number of nitrogens with zero attached hydrogens (tertiary/aromatic N) is 2. The van der Waals surface area contributed by atoms with Gasteiger partial charge in [0.25, 0.3) is 0 Å². The number of hydrogen-bond acceptors (Lipinski definition) is 4. The number of carboxylic acids is 1. The van der Waals surface area contributed by atoms with Crippen molar-refractivity contribution in [2.45, 2.75) is 19.6 Å². The Balaban J connectivity index is 2.73. The molecule has 9 heteroatoms. The molecule has 0 bridgehead atoms. The van der Waals surface area contributed by atoms with Crippen molar-refractivity contribution in [1.82, 2.24) is 15.3 Å². The van der Waals surface area contributed by atoms with Crippen molar-refractivity contribution < 1.29 is 27.9 Å². The second-order valence-electron chi connectivity index (χ2n) is 3.27. The van der Waals surface area contributed by atoms with E-state index < -0.39 is 24.6 Å². The third-order valence-electron chi connectivity index (χ3n) is 1.92. The Kier molecular flexibility index (Phi) is 3.84. The lowest BCUT2D eigenvalue weighted by Crippen LogP contribution is -2.36. The van der Waals surface area contributed by atoms with Crippen molar-refractivity contribution in [3.63, 3.8) is 0 Å². The van der Waals surface area contributed by atoms with Gasteiger partial charge in [-0.15, -0.1) is 0 Å². The van der Waals surface area contributed by atoms with Gasteiger partial charge in [-0.25, -0.2) is 14.8 Å². The molecule has 1 amide bonds. The molecule has 18 heavy (non-hydrogen) atoms. The molecule has 0 saturated heterocycles. The highest BCUT2D eigenvalue weighted by Gasteiger charge is 2.38. The Bertz CT molecular complexity index is 488. The van der Waals surface area contributed by atoms with Crippen LogP contribution in [-0.4, -0.2) is 33.1 Å². The molecule has 0 saturated carbocycles. The molecule has 0 aliphatic heterocycles. The molecule has 0 unspecified atom stereocenters. The Hall–Kier alpha value is -2.19. The second kappa shape index (κ2) is 4.98. The third kappa shape index (κ3) is 3.40. The summed E-state index contributed by atoms with van der Waals surface area (Å²) in [6.45, 7) is 0.847. The van der Waals surface area contributed by atoms with Crippen LogP contribution in [0.25, 0.3) is 0 Å². The van der Waals surface area contributed by atoms with Gasteiger partial charge in [-0.05, 0) is 6.92 Å². The number of aromatic nitrogens is 2. The minimum absolute atomic E-state index is 0.102. The summed E-state index contributed by atoms with van der Waals surface area (Å²) in [6.07, 6.45) is -4.00. The average molecular weight is 263 g/mol. The van der Waals surface area contributed by atoms with Crippen LogP contribution in [0.15, 0.2) is 6.20 Å². The molecule has 2 N–H and O–H groups in total. The van der Waals surface area contributed by atoms with Gasteiger partial charge >= 0.3 is 18.1 Å². The van der Waals surface area contributed by atoms with Crippen molar-refractivity contribution in [2.24, 2.45) is 0 Å². The number of halogens is 3. The van der Waals surface area contributed by atoms with Gasteiger partial charge in [0.1, 0.15) is 5.82 Å². The molecule has 1 aromatic rings. The number of rotatable bonds is 3. The molecule has 0 aromatic carbocycles. The fraction of sp³-hybridized carbons (Fsp3) is 0.333. The topological polar surface area (TPSA) is 92.2 Å². The summed E-state index contributed by atoms with van der Waals surface area (Å²) >= 11 is 0. The number of alkyl halides is 3. The number of carbonyl (C=O) groups excluding carboxylic acids is 1. The van der Waals surface area contributed by atoms with Gasteiger partial charge in [0.2, 0.25) is 0 Å². The Labute approximate surface area is 98.9 Å². The zero-order valence-electron chi connectivity index (χ0n) is 9.08. The van der Waals surface area contributed by atoms with Crippen LogP contribution in [0, 0.1) is 6.92 Å². The van der Waals surface area contributed by atoms with Gasteiger partial charge < -0.3 is 10.4 Å². The van der Waals surface area contributed by atoms with E-state index in [9.17, 15) is 22.8 Å². The molecule has 0 radical (unpaired) electrons. The van der Waals surface area contributed by atoms with Crippen molar-refractivity contribution in [3.05, 3.63) is 23.3 Å². The van der Waals surface area contributed by atoms with E-state index in [2.05, 4.69) is 9.97 Å². The Morgan fingerprint density at radius 2 is 2.06 bits per heavy atom. The minimum atomic E-state index is -4.98. The van der Waals surface area contributed by atoms with Crippen LogP contribution in [-0.2, 0) is 11.3 Å². The number of aromatic carboxylic acids is 1. The van der Waals surface area contributed by atoms with E-state index in [-0.39, 0.29) is 17.1 Å². The summed E-state index contributed by atoms with van der Waals surface area (Å²) in [6, 6.07) is 0. The van der Waals surface area contributed by atoms with Crippen molar-refractivity contribution >= 4 is 11.9 Å². The van der Waals surface area contributed by atoms with Gasteiger partial charge in [-0.2, -0.15) is 13.2 Å². The SMILES string of the molecule is Cc1nc(CNC(=O)C(F)(F)F)ncc1C(=O)O. The monoisotopic (exact) mass is 263 g/mol. The molecular formula is C9H8F3N3O3. The van der Waals surface area contributed by atoms with Crippen LogP contribution >= 0.6 is 0 Å². The minimum Gasteiger partial charge on any atom is -0.478 e. The Morgan fingerprint density at radius 3 is 2.50 bits per heavy atom. The summed E-state index contributed by atoms with van der Waals surface area (Å²) in [5.41, 5.74) is -0.0466. The molecule has 0 aliphatic rings. The molecule has 0 fully saturated rings. The maximum atomic E-state index is 11.9. The third-order valence-corrected chi connectivity index (χ3v) is 1.92. The van der Waals surface area contributed by atoms with Crippen molar-refractivity contribution in [2.75, 3.05) is 0 Å². The first-order chi connectivity index (χ1) is 8.21. The number of hydrogen-bond donors (Lipinski definition) is 2. The number of amides is 1. The zero-order valence-corrected chi connectivity index (χ0v) is 9.08. The highest BCUT2D eigenvalue weighted by atomic mass is 19.4. The lowest BCUT2D eigenvalue weighted by molar-refractivity contribution is -0.173. The van der Waals surface area contributed by atoms with Gasteiger partial charge in [-0.1, -0.05) is 0 Å². The van der Waals surface area contributed by atoms with Gasteiger partial charge in [-0.3, -0.25) is 4.79 Å². The number of carbonyl (C=O) groups is 2.